The molecule has 1 heterocycles. The Bertz CT molecular complexity index is 1230. The third-order valence-corrected chi connectivity index (χ3v) is 4.98. The van der Waals surface area contributed by atoms with Gasteiger partial charge in [-0.2, -0.15) is 5.10 Å². The molecule has 0 bridgehead atoms. The van der Waals surface area contributed by atoms with Gasteiger partial charge in [-0.15, -0.1) is 0 Å². The molecule has 3 aromatic carbocycles. The summed E-state index contributed by atoms with van der Waals surface area (Å²) in [6, 6.07) is 22.5. The van der Waals surface area contributed by atoms with Crippen molar-refractivity contribution in [1.29, 1.82) is 0 Å². The van der Waals surface area contributed by atoms with E-state index in [1.807, 2.05) is 80.6 Å². The van der Waals surface area contributed by atoms with E-state index in [1.54, 1.807) is 6.07 Å². The van der Waals surface area contributed by atoms with Crippen LogP contribution in [0, 0.1) is 0 Å². The third kappa shape index (κ3) is 4.48. The zero-order valence-electron chi connectivity index (χ0n) is 17.5. The maximum atomic E-state index is 13.2. The highest BCUT2D eigenvalue weighted by Gasteiger charge is 2.18. The molecule has 0 spiro atoms. The van der Waals surface area contributed by atoms with Crippen molar-refractivity contribution in [2.75, 3.05) is 5.32 Å². The molecule has 31 heavy (non-hydrogen) atoms. The molecule has 0 aliphatic rings. The summed E-state index contributed by atoms with van der Waals surface area (Å²) in [6.45, 7) is 4.39. The third-order valence-electron chi connectivity index (χ3n) is 4.98. The smallest absolute Gasteiger partial charge is 0.251 e. The number of hydrogen-bond acceptors (Lipinski definition) is 4. The first kappa shape index (κ1) is 20.3. The zero-order chi connectivity index (χ0) is 21.8. The Hall–Kier alpha value is -3.93. The van der Waals surface area contributed by atoms with Gasteiger partial charge in [0, 0.05) is 34.8 Å². The lowest BCUT2D eigenvalue weighted by atomic mass is 10.0. The number of ketones is 1. The molecule has 0 fully saturated rings. The van der Waals surface area contributed by atoms with Crippen LogP contribution in [-0.4, -0.2) is 27.9 Å². The van der Waals surface area contributed by atoms with Crippen molar-refractivity contribution in [3.63, 3.8) is 0 Å². The van der Waals surface area contributed by atoms with E-state index in [0.29, 0.717) is 23.4 Å². The Morgan fingerprint density at radius 2 is 1.65 bits per heavy atom. The Balaban J connectivity index is 1.50. The average molecular weight is 412 g/mol. The molecule has 0 unspecified atom stereocenters. The highest BCUT2D eigenvalue weighted by atomic mass is 16.1. The van der Waals surface area contributed by atoms with E-state index in [2.05, 4.69) is 20.8 Å². The molecule has 156 valence electrons. The molecule has 6 nitrogen and oxygen atoms in total. The van der Waals surface area contributed by atoms with E-state index >= 15 is 0 Å². The highest BCUT2D eigenvalue weighted by molar-refractivity contribution is 6.17. The van der Waals surface area contributed by atoms with Gasteiger partial charge in [0.25, 0.3) is 5.91 Å². The Labute approximate surface area is 180 Å². The summed E-state index contributed by atoms with van der Waals surface area (Å²) in [5, 5.41) is 14.2. The summed E-state index contributed by atoms with van der Waals surface area (Å²) in [4.78, 5) is 25.3. The number of carbonyl (C=O) groups excluding carboxylic acids is 2. The first-order chi connectivity index (χ1) is 15.0. The van der Waals surface area contributed by atoms with Crippen LogP contribution in [-0.2, 0) is 6.54 Å². The number of hydrogen-bond donors (Lipinski definition) is 3. The second kappa shape index (κ2) is 8.83. The number of aromatic amines is 1. The number of H-pyrrole nitrogens is 1. The van der Waals surface area contributed by atoms with Crippen molar-refractivity contribution in [1.82, 2.24) is 15.5 Å². The van der Waals surface area contributed by atoms with Crippen molar-refractivity contribution >= 4 is 28.3 Å². The van der Waals surface area contributed by atoms with Gasteiger partial charge in [-0.3, -0.25) is 14.7 Å². The van der Waals surface area contributed by atoms with E-state index in [1.165, 1.54) is 0 Å². The fourth-order valence-corrected chi connectivity index (χ4v) is 3.42. The summed E-state index contributed by atoms with van der Waals surface area (Å²) in [5.74, 6) is -0.224. The maximum Gasteiger partial charge on any atom is 0.251 e. The van der Waals surface area contributed by atoms with Crippen LogP contribution in [0.5, 0.6) is 0 Å². The van der Waals surface area contributed by atoms with Crippen LogP contribution in [0.2, 0.25) is 0 Å². The van der Waals surface area contributed by atoms with Crippen molar-refractivity contribution in [2.45, 2.75) is 26.4 Å². The molecule has 0 aliphatic heterocycles. The lowest BCUT2D eigenvalue weighted by Gasteiger charge is -2.12. The topological polar surface area (TPSA) is 86.9 Å². The Kier molecular flexibility index (Phi) is 5.80. The lowest BCUT2D eigenvalue weighted by molar-refractivity contribution is 0.0942. The number of carbonyl (C=O) groups is 2. The van der Waals surface area contributed by atoms with Gasteiger partial charge in [0.05, 0.1) is 5.52 Å². The fraction of sp³-hybridized carbons (Fsp3) is 0.160. The minimum atomic E-state index is -0.138. The SMILES string of the molecule is CC(C)NC(=O)c1ccc(CNc2ccccc2C(=O)c2n[nH]c3ccccc23)cc1. The standard InChI is InChI=1S/C25H24N4O2/c1-16(2)27-25(31)18-13-11-17(12-14-18)15-26-21-9-5-4-8-20(21)24(30)23-19-7-3-6-10-22(19)28-29-23/h3-14,16,26H,15H2,1-2H3,(H,27,31)(H,28,29). The first-order valence-electron chi connectivity index (χ1n) is 10.2. The molecule has 4 rings (SSSR count). The lowest BCUT2D eigenvalue weighted by Crippen LogP contribution is -2.30. The van der Waals surface area contributed by atoms with Gasteiger partial charge in [-0.25, -0.2) is 0 Å². The number of aromatic nitrogens is 2. The van der Waals surface area contributed by atoms with Crippen molar-refractivity contribution in [3.05, 3.63) is 95.2 Å². The number of fused-ring (bicyclic) bond motifs is 1. The summed E-state index contributed by atoms with van der Waals surface area (Å²) in [7, 11) is 0. The molecule has 1 amide bonds. The molecule has 0 radical (unpaired) electrons. The van der Waals surface area contributed by atoms with E-state index in [4.69, 9.17) is 0 Å². The number of para-hydroxylation sites is 2. The largest absolute Gasteiger partial charge is 0.380 e. The summed E-state index contributed by atoms with van der Waals surface area (Å²) < 4.78 is 0. The minimum Gasteiger partial charge on any atom is -0.380 e. The summed E-state index contributed by atoms with van der Waals surface area (Å²) in [5.41, 5.74) is 4.17. The van der Waals surface area contributed by atoms with E-state index in [-0.39, 0.29) is 17.7 Å². The van der Waals surface area contributed by atoms with Crippen LogP contribution in [0.3, 0.4) is 0 Å². The predicted octanol–water partition coefficient (Wildman–Crippen LogP) is 4.54. The molecule has 6 heteroatoms. The van der Waals surface area contributed by atoms with Crippen LogP contribution in [0.15, 0.2) is 72.8 Å². The molecular formula is C25H24N4O2. The Morgan fingerprint density at radius 3 is 2.42 bits per heavy atom. The number of nitrogens with one attached hydrogen (secondary N) is 3. The van der Waals surface area contributed by atoms with Crippen LogP contribution in [0.25, 0.3) is 10.9 Å². The second-order valence-corrected chi connectivity index (χ2v) is 7.67. The number of nitrogens with zero attached hydrogens (tertiary/aromatic N) is 1. The van der Waals surface area contributed by atoms with Gasteiger partial charge in [-0.1, -0.05) is 42.5 Å². The van der Waals surface area contributed by atoms with Gasteiger partial charge in [0.15, 0.2) is 0 Å². The van der Waals surface area contributed by atoms with E-state index < -0.39 is 0 Å². The number of anilines is 1. The first-order valence-corrected chi connectivity index (χ1v) is 10.2. The van der Waals surface area contributed by atoms with Crippen LogP contribution in [0.1, 0.15) is 45.8 Å². The monoisotopic (exact) mass is 412 g/mol. The summed E-state index contributed by atoms with van der Waals surface area (Å²) in [6.07, 6.45) is 0. The van der Waals surface area contributed by atoms with Gasteiger partial charge in [0.2, 0.25) is 5.78 Å². The summed E-state index contributed by atoms with van der Waals surface area (Å²) >= 11 is 0. The van der Waals surface area contributed by atoms with Crippen LogP contribution in [0.4, 0.5) is 5.69 Å². The average Bonchev–Trinajstić information content (AvgIpc) is 3.21. The molecule has 0 aliphatic carbocycles. The number of amides is 1. The molecular weight excluding hydrogens is 388 g/mol. The van der Waals surface area contributed by atoms with Crippen LogP contribution < -0.4 is 10.6 Å². The normalized spacial score (nSPS) is 10.9. The maximum absolute atomic E-state index is 13.2. The van der Waals surface area contributed by atoms with E-state index in [0.717, 1.165) is 22.2 Å². The molecule has 3 N–H and O–H groups in total. The minimum absolute atomic E-state index is 0.0864. The molecule has 4 aromatic rings. The molecule has 0 saturated carbocycles. The molecule has 0 atom stereocenters. The quantitative estimate of drug-likeness (QED) is 0.389. The van der Waals surface area contributed by atoms with Crippen LogP contribution >= 0.6 is 0 Å². The van der Waals surface area contributed by atoms with E-state index in [9.17, 15) is 9.59 Å². The van der Waals surface area contributed by atoms with Gasteiger partial charge >= 0.3 is 0 Å². The van der Waals surface area contributed by atoms with Crippen molar-refractivity contribution < 1.29 is 9.59 Å². The highest BCUT2D eigenvalue weighted by Crippen LogP contribution is 2.23. The Morgan fingerprint density at radius 1 is 0.935 bits per heavy atom. The van der Waals surface area contributed by atoms with Gasteiger partial charge < -0.3 is 10.6 Å². The fourth-order valence-electron chi connectivity index (χ4n) is 3.42. The second-order valence-electron chi connectivity index (χ2n) is 7.67. The molecule has 1 aromatic heterocycles. The van der Waals surface area contributed by atoms with Gasteiger partial charge in [0.1, 0.15) is 5.69 Å². The van der Waals surface area contributed by atoms with Crippen molar-refractivity contribution in [3.8, 4) is 0 Å². The number of benzene rings is 3. The predicted molar refractivity (Wildman–Crippen MR) is 122 cm³/mol. The number of rotatable bonds is 7. The molecule has 0 saturated heterocycles. The van der Waals surface area contributed by atoms with Crippen molar-refractivity contribution in [2.24, 2.45) is 0 Å². The zero-order valence-corrected chi connectivity index (χ0v) is 17.5. The van der Waals surface area contributed by atoms with Gasteiger partial charge in [-0.05, 0) is 49.7 Å².